The van der Waals surface area contributed by atoms with Gasteiger partial charge in [-0.15, -0.1) is 0 Å². The smallest absolute Gasteiger partial charge is 0.177 e. The van der Waals surface area contributed by atoms with Crippen molar-refractivity contribution in [1.82, 2.24) is 4.65 Å². The number of hydrogen-bond acceptors (Lipinski definition) is 4. The summed E-state index contributed by atoms with van der Waals surface area (Å²) in [6.07, 6.45) is 0.708. The fraction of sp³-hybridized carbons (Fsp3) is 0.571. The molecule has 1 heterocycles. The Morgan fingerprint density at radius 3 is 2.40 bits per heavy atom. The van der Waals surface area contributed by atoms with Crippen LogP contribution in [0.2, 0.25) is 0 Å². The molecule has 112 valence electrons. The van der Waals surface area contributed by atoms with Crippen LogP contribution in [0.25, 0.3) is 0 Å². The number of rotatable bonds is 4. The summed E-state index contributed by atoms with van der Waals surface area (Å²) < 4.78 is 38.4. The molecule has 1 aromatic rings. The Hall–Kier alpha value is -0.690. The summed E-state index contributed by atoms with van der Waals surface area (Å²) in [6.45, 7) is 8.40. The zero-order chi connectivity index (χ0) is 15.2. The molecular formula is C14H21ClNO4+. The van der Waals surface area contributed by atoms with Crippen molar-refractivity contribution in [2.24, 2.45) is 0 Å². The molecule has 0 bridgehead atoms. The van der Waals surface area contributed by atoms with E-state index in [-0.39, 0.29) is 16.1 Å². The minimum Gasteiger partial charge on any atom is -0.177 e. The largest absolute Gasteiger partial charge is 0.274 e. The van der Waals surface area contributed by atoms with Gasteiger partial charge in [0.2, 0.25) is 0 Å². The van der Waals surface area contributed by atoms with E-state index in [2.05, 4.69) is 0 Å². The van der Waals surface area contributed by atoms with Crippen LogP contribution in [0, 0.1) is 10.2 Å². The van der Waals surface area contributed by atoms with E-state index in [1.54, 1.807) is 0 Å². The highest BCUT2D eigenvalue weighted by atomic mass is 35.7. The van der Waals surface area contributed by atoms with Gasteiger partial charge in [-0.1, -0.05) is 25.1 Å². The maximum atomic E-state index is 11.2. The zero-order valence-electron chi connectivity index (χ0n) is 12.3. The van der Waals surface area contributed by atoms with Crippen LogP contribution in [0.5, 0.6) is 0 Å². The Bertz CT molecular complexity index is 500. The van der Waals surface area contributed by atoms with E-state index in [0.717, 1.165) is 11.3 Å². The first-order chi connectivity index (χ1) is 9.15. The Balaban J connectivity index is 2.62. The molecule has 0 spiro atoms. The lowest BCUT2D eigenvalue weighted by molar-refractivity contribution is -1.92. The molecule has 6 heteroatoms. The first-order valence-corrected chi connectivity index (χ1v) is 7.98. The van der Waals surface area contributed by atoms with Crippen LogP contribution in [0.4, 0.5) is 5.69 Å². The van der Waals surface area contributed by atoms with Crippen molar-refractivity contribution in [2.75, 3.05) is 6.54 Å². The molecule has 0 fully saturated rings. The minimum atomic E-state index is -4.50. The Kier molecular flexibility index (Phi) is 3.88. The van der Waals surface area contributed by atoms with Crippen LogP contribution >= 0.6 is 0 Å². The molecule has 1 aliphatic heterocycles. The lowest BCUT2D eigenvalue weighted by Crippen LogP contribution is -2.70. The maximum absolute atomic E-state index is 11.2. The molecule has 1 aromatic carbocycles. The van der Waals surface area contributed by atoms with E-state index in [9.17, 15) is 14.0 Å². The lowest BCUT2D eigenvalue weighted by atomic mass is 9.81. The van der Waals surface area contributed by atoms with Crippen molar-refractivity contribution in [1.29, 1.82) is 0 Å². The highest BCUT2D eigenvalue weighted by Gasteiger charge is 2.63. The Morgan fingerprint density at radius 1 is 1.25 bits per heavy atom. The van der Waals surface area contributed by atoms with Gasteiger partial charge in [-0.3, -0.25) is 0 Å². The molecule has 0 aliphatic carbocycles. The third kappa shape index (κ3) is 2.35. The van der Waals surface area contributed by atoms with Crippen molar-refractivity contribution in [2.45, 2.75) is 45.6 Å². The summed E-state index contributed by atoms with van der Waals surface area (Å²) in [5.74, 6) is 0. The normalized spacial score (nSPS) is 28.4. The molecule has 2 unspecified atom stereocenters. The van der Waals surface area contributed by atoms with E-state index in [0.29, 0.717) is 13.0 Å². The van der Waals surface area contributed by atoms with Crippen LogP contribution in [-0.2, 0) is 9.81 Å². The fourth-order valence-electron chi connectivity index (χ4n) is 3.23. The molecule has 0 saturated heterocycles. The third-order valence-electron chi connectivity index (χ3n) is 4.44. The molecule has 2 rings (SSSR count). The monoisotopic (exact) mass is 302 g/mol. The fourth-order valence-corrected chi connectivity index (χ4v) is 3.80. The number of para-hydroxylation sites is 1. The molecule has 5 nitrogen and oxygen atoms in total. The average molecular weight is 303 g/mol. The molecule has 0 radical (unpaired) electrons. The van der Waals surface area contributed by atoms with Gasteiger partial charge in [0.05, 0.1) is 5.41 Å². The van der Waals surface area contributed by atoms with Crippen molar-refractivity contribution in [3.8, 4) is 0 Å². The Labute approximate surface area is 121 Å². The molecule has 0 N–H and O–H groups in total. The van der Waals surface area contributed by atoms with Gasteiger partial charge in [-0.05, 0) is 31.8 Å². The molecule has 0 amide bonds. The second kappa shape index (κ2) is 4.94. The number of hydroxylamine groups is 2. The highest BCUT2D eigenvalue weighted by molar-refractivity contribution is 5.59. The van der Waals surface area contributed by atoms with E-state index in [1.807, 2.05) is 52.0 Å². The minimum absolute atomic E-state index is 0.170. The highest BCUT2D eigenvalue weighted by Crippen LogP contribution is 2.50. The van der Waals surface area contributed by atoms with Gasteiger partial charge in [0, 0.05) is 11.6 Å². The van der Waals surface area contributed by atoms with Crippen molar-refractivity contribution < 1.29 is 28.6 Å². The second-order valence-electron chi connectivity index (χ2n) is 5.88. The van der Waals surface area contributed by atoms with Crippen LogP contribution < -0.4 is 18.6 Å². The predicted molar refractivity (Wildman–Crippen MR) is 67.0 cm³/mol. The van der Waals surface area contributed by atoms with Crippen LogP contribution in [0.3, 0.4) is 0 Å². The number of fused-ring (bicyclic) bond motifs is 1. The first-order valence-electron chi connectivity index (χ1n) is 6.75. The summed E-state index contributed by atoms with van der Waals surface area (Å²) in [5.41, 5.74) is 1.52. The van der Waals surface area contributed by atoms with Crippen molar-refractivity contribution in [3.63, 3.8) is 0 Å². The van der Waals surface area contributed by atoms with E-state index < -0.39 is 10.2 Å². The van der Waals surface area contributed by atoms with Gasteiger partial charge in [0.15, 0.2) is 5.69 Å². The third-order valence-corrected chi connectivity index (χ3v) is 4.85. The maximum Gasteiger partial charge on any atom is 0.274 e. The summed E-state index contributed by atoms with van der Waals surface area (Å²) in [6, 6.07) is 7.41. The van der Waals surface area contributed by atoms with Crippen molar-refractivity contribution >= 4 is 5.69 Å². The summed E-state index contributed by atoms with van der Waals surface area (Å²) >= 11 is 0. The van der Waals surface area contributed by atoms with Gasteiger partial charge < -0.3 is 0 Å². The molecule has 2 atom stereocenters. The topological polar surface area (TPSA) is 78.4 Å². The summed E-state index contributed by atoms with van der Waals surface area (Å²) in [5, 5.41) is 0. The molecule has 0 saturated carbocycles. The number of quaternary nitrogens is 1. The van der Waals surface area contributed by atoms with Crippen LogP contribution in [0.15, 0.2) is 24.3 Å². The van der Waals surface area contributed by atoms with Gasteiger partial charge >= 0.3 is 0 Å². The Morgan fingerprint density at radius 2 is 1.85 bits per heavy atom. The number of halogens is 1. The first kappa shape index (κ1) is 15.7. The van der Waals surface area contributed by atoms with Gasteiger partial charge in [0.1, 0.15) is 22.8 Å². The number of benzene rings is 1. The lowest BCUT2D eigenvalue weighted by Gasteiger charge is -2.33. The van der Waals surface area contributed by atoms with Crippen LogP contribution in [-0.4, -0.2) is 12.6 Å². The number of nitrogens with zero attached hydrogens (tertiary/aromatic N) is 1. The molecule has 1 aliphatic rings. The summed E-state index contributed by atoms with van der Waals surface area (Å²) in [7, 11) is -4.50. The van der Waals surface area contributed by atoms with E-state index >= 15 is 0 Å². The zero-order valence-corrected chi connectivity index (χ0v) is 13.0. The second-order valence-corrected chi connectivity index (χ2v) is 6.77. The summed E-state index contributed by atoms with van der Waals surface area (Å²) in [4.78, 5) is 0. The predicted octanol–water partition coefficient (Wildman–Crippen LogP) is -0.0875. The number of hydrogen-bond donors (Lipinski definition) is 0. The molecular weight excluding hydrogens is 282 g/mol. The average Bonchev–Trinajstić information content (AvgIpc) is 2.49. The van der Waals surface area contributed by atoms with Crippen LogP contribution in [0.1, 0.15) is 39.7 Å². The van der Waals surface area contributed by atoms with Gasteiger partial charge in [-0.25, -0.2) is 0 Å². The standard InChI is InChI=1S/C14H21ClNO4/c1-5-10-16(20-15(17,18)19)11(2)14(3,4)12-8-6-7-9-13(12)16/h6-9,11H,5,10H2,1-4H3/q+1. The van der Waals surface area contributed by atoms with Gasteiger partial charge in [-0.2, -0.15) is 14.0 Å². The van der Waals surface area contributed by atoms with E-state index in [1.165, 1.54) is 0 Å². The van der Waals surface area contributed by atoms with Crippen molar-refractivity contribution in [3.05, 3.63) is 29.8 Å². The quantitative estimate of drug-likeness (QED) is 0.728. The SMILES string of the molecule is CCC[N+]1(O[Cl+3]([O-])([O-])[O-])c2ccccc2C(C)(C)C1C. The molecule has 20 heavy (non-hydrogen) atoms. The molecule has 0 aromatic heterocycles. The van der Waals surface area contributed by atoms with Gasteiger partial charge in [0.25, 0.3) is 4.39 Å². The van der Waals surface area contributed by atoms with E-state index in [4.69, 9.17) is 4.39 Å².